The van der Waals surface area contributed by atoms with Crippen LogP contribution in [-0.2, 0) is 0 Å². The lowest BCUT2D eigenvalue weighted by Gasteiger charge is -2.17. The summed E-state index contributed by atoms with van der Waals surface area (Å²) in [5.41, 5.74) is 1.02. The number of benzene rings is 1. The number of nitrogens with zero attached hydrogens (tertiary/aromatic N) is 1. The monoisotopic (exact) mass is 289 g/mol. The minimum atomic E-state index is -0.314. The van der Waals surface area contributed by atoms with Gasteiger partial charge in [0.25, 0.3) is 0 Å². The third-order valence-corrected chi connectivity index (χ3v) is 3.10. The van der Waals surface area contributed by atoms with Gasteiger partial charge in [0.15, 0.2) is 5.82 Å². The Kier molecular flexibility index (Phi) is 4.81. The van der Waals surface area contributed by atoms with Gasteiger partial charge in [0.2, 0.25) is 0 Å². The Morgan fingerprint density at radius 1 is 1.38 bits per heavy atom. The Morgan fingerprint density at radius 2 is 2.10 bits per heavy atom. The number of nitrogens with one attached hydrogen (secondary N) is 2. The van der Waals surface area contributed by atoms with E-state index in [1.165, 1.54) is 0 Å². The summed E-state index contributed by atoms with van der Waals surface area (Å²) in [6.45, 7) is 3.78. The summed E-state index contributed by atoms with van der Waals surface area (Å²) in [5, 5.41) is 9.27. The first-order valence-corrected chi connectivity index (χ1v) is 6.77. The van der Waals surface area contributed by atoms with Crippen molar-refractivity contribution in [1.29, 1.82) is 0 Å². The molecule has 21 heavy (non-hydrogen) atoms. The smallest absolute Gasteiger partial charge is 0.320 e. The van der Waals surface area contributed by atoms with Crippen molar-refractivity contribution in [3.63, 3.8) is 0 Å². The molecule has 0 saturated carbocycles. The van der Waals surface area contributed by atoms with Crippen molar-refractivity contribution in [2.24, 2.45) is 0 Å². The van der Waals surface area contributed by atoms with Gasteiger partial charge in [-0.25, -0.2) is 4.79 Å². The number of anilines is 1. The third-order valence-electron chi connectivity index (χ3n) is 3.10. The Morgan fingerprint density at radius 3 is 2.62 bits per heavy atom. The van der Waals surface area contributed by atoms with Crippen LogP contribution in [0.15, 0.2) is 34.9 Å². The van der Waals surface area contributed by atoms with Gasteiger partial charge in [-0.05, 0) is 31.0 Å². The molecule has 0 aliphatic heterocycles. The fourth-order valence-corrected chi connectivity index (χ4v) is 1.99. The van der Waals surface area contributed by atoms with Crippen molar-refractivity contribution in [1.82, 2.24) is 10.5 Å². The molecule has 0 fully saturated rings. The molecule has 112 valence electrons. The summed E-state index contributed by atoms with van der Waals surface area (Å²) in [6, 6.07) is 8.89. The molecule has 2 aromatic rings. The van der Waals surface area contributed by atoms with E-state index in [9.17, 15) is 4.79 Å². The summed E-state index contributed by atoms with van der Waals surface area (Å²) in [7, 11) is 1.62. The zero-order chi connectivity index (χ0) is 15.2. The van der Waals surface area contributed by atoms with Gasteiger partial charge in [0.05, 0.1) is 13.2 Å². The van der Waals surface area contributed by atoms with Crippen molar-refractivity contribution in [2.75, 3.05) is 12.4 Å². The number of urea groups is 1. The van der Waals surface area contributed by atoms with E-state index in [1.54, 1.807) is 20.1 Å². The highest BCUT2D eigenvalue weighted by Crippen LogP contribution is 2.20. The number of carbonyl (C=O) groups excluding carboxylic acids is 1. The zero-order valence-corrected chi connectivity index (χ0v) is 12.3. The van der Waals surface area contributed by atoms with Gasteiger partial charge in [-0.2, -0.15) is 0 Å². The van der Waals surface area contributed by atoms with Gasteiger partial charge in [-0.15, -0.1) is 0 Å². The number of hydrogen-bond donors (Lipinski definition) is 2. The molecule has 0 spiro atoms. The lowest BCUT2D eigenvalue weighted by Crippen LogP contribution is -2.32. The second kappa shape index (κ2) is 6.78. The van der Waals surface area contributed by atoms with Gasteiger partial charge in [-0.1, -0.05) is 24.2 Å². The van der Waals surface area contributed by atoms with E-state index in [0.29, 0.717) is 11.6 Å². The van der Waals surface area contributed by atoms with Crippen LogP contribution < -0.4 is 15.4 Å². The summed E-state index contributed by atoms with van der Waals surface area (Å²) < 4.78 is 10.0. The predicted molar refractivity (Wildman–Crippen MR) is 79.4 cm³/mol. The Labute approximate surface area is 123 Å². The second-order valence-electron chi connectivity index (χ2n) is 4.66. The highest BCUT2D eigenvalue weighted by Gasteiger charge is 2.14. The fourth-order valence-electron chi connectivity index (χ4n) is 1.99. The molecular formula is C15H19N3O3. The SMILES string of the molecule is CC[C@@H](NC(=O)Nc1cc(C)on1)c1ccc(OC)cc1. The van der Waals surface area contributed by atoms with Gasteiger partial charge < -0.3 is 14.6 Å². The zero-order valence-electron chi connectivity index (χ0n) is 12.3. The van der Waals surface area contributed by atoms with E-state index in [2.05, 4.69) is 15.8 Å². The van der Waals surface area contributed by atoms with E-state index in [1.807, 2.05) is 31.2 Å². The minimum Gasteiger partial charge on any atom is -0.497 e. The number of rotatable bonds is 5. The van der Waals surface area contributed by atoms with Crippen LogP contribution in [0.5, 0.6) is 5.75 Å². The number of methoxy groups -OCH3 is 1. The highest BCUT2D eigenvalue weighted by atomic mass is 16.5. The summed E-state index contributed by atoms with van der Waals surface area (Å²) >= 11 is 0. The van der Waals surface area contributed by atoms with Crippen LogP contribution in [0, 0.1) is 6.92 Å². The van der Waals surface area contributed by atoms with E-state index in [-0.39, 0.29) is 12.1 Å². The van der Waals surface area contributed by atoms with Crippen molar-refractivity contribution in [2.45, 2.75) is 26.3 Å². The van der Waals surface area contributed by atoms with Crippen LogP contribution in [0.3, 0.4) is 0 Å². The van der Waals surface area contributed by atoms with E-state index in [4.69, 9.17) is 9.26 Å². The standard InChI is InChI=1S/C15H19N3O3/c1-4-13(11-5-7-12(20-3)8-6-11)16-15(19)17-14-9-10(2)21-18-14/h5-9,13H,4H2,1-3H3,(H2,16,17,18,19)/t13-/m1/s1. The molecule has 0 aliphatic rings. The average molecular weight is 289 g/mol. The van der Waals surface area contributed by atoms with Crippen LogP contribution in [0.4, 0.5) is 10.6 Å². The highest BCUT2D eigenvalue weighted by molar-refractivity contribution is 5.88. The molecule has 0 bridgehead atoms. The van der Waals surface area contributed by atoms with Crippen molar-refractivity contribution < 1.29 is 14.1 Å². The molecule has 0 aliphatic carbocycles. The maximum Gasteiger partial charge on any atom is 0.320 e. The van der Waals surface area contributed by atoms with Gasteiger partial charge in [0.1, 0.15) is 11.5 Å². The number of amides is 2. The molecule has 6 nitrogen and oxygen atoms in total. The molecule has 0 unspecified atom stereocenters. The number of aromatic nitrogens is 1. The van der Waals surface area contributed by atoms with Crippen LogP contribution in [0.1, 0.15) is 30.7 Å². The molecule has 1 heterocycles. The van der Waals surface area contributed by atoms with Gasteiger partial charge in [-0.3, -0.25) is 5.32 Å². The lowest BCUT2D eigenvalue weighted by atomic mass is 10.0. The fraction of sp³-hybridized carbons (Fsp3) is 0.333. The molecule has 1 aromatic heterocycles. The van der Waals surface area contributed by atoms with Crippen LogP contribution in [-0.4, -0.2) is 18.3 Å². The Bertz CT molecular complexity index is 592. The topological polar surface area (TPSA) is 76.4 Å². The predicted octanol–water partition coefficient (Wildman–Crippen LogP) is 3.26. The maximum absolute atomic E-state index is 12.0. The molecular weight excluding hydrogens is 270 g/mol. The molecule has 2 amide bonds. The summed E-state index contributed by atoms with van der Waals surface area (Å²) in [6.07, 6.45) is 0.775. The minimum absolute atomic E-state index is 0.0797. The molecule has 0 radical (unpaired) electrons. The number of carbonyl (C=O) groups is 1. The molecule has 0 saturated heterocycles. The summed E-state index contributed by atoms with van der Waals surface area (Å²) in [4.78, 5) is 12.0. The van der Waals surface area contributed by atoms with Crippen molar-refractivity contribution in [3.8, 4) is 5.75 Å². The van der Waals surface area contributed by atoms with E-state index in [0.717, 1.165) is 17.7 Å². The normalized spacial score (nSPS) is 11.8. The van der Waals surface area contributed by atoms with E-state index >= 15 is 0 Å². The summed E-state index contributed by atoms with van der Waals surface area (Å²) in [5.74, 6) is 1.83. The number of aryl methyl sites for hydroxylation is 1. The molecule has 6 heteroatoms. The van der Waals surface area contributed by atoms with Gasteiger partial charge >= 0.3 is 6.03 Å². The molecule has 1 atom stereocenters. The first-order chi connectivity index (χ1) is 10.1. The third kappa shape index (κ3) is 3.98. The number of ether oxygens (including phenoxy) is 1. The van der Waals surface area contributed by atoms with Crippen molar-refractivity contribution >= 4 is 11.8 Å². The first kappa shape index (κ1) is 14.9. The van der Waals surface area contributed by atoms with Crippen LogP contribution in [0.2, 0.25) is 0 Å². The molecule has 2 rings (SSSR count). The second-order valence-corrected chi connectivity index (χ2v) is 4.66. The lowest BCUT2D eigenvalue weighted by molar-refractivity contribution is 0.248. The van der Waals surface area contributed by atoms with Crippen molar-refractivity contribution in [3.05, 3.63) is 41.7 Å². The molecule has 1 aromatic carbocycles. The van der Waals surface area contributed by atoms with Crippen LogP contribution in [0.25, 0.3) is 0 Å². The average Bonchev–Trinajstić information content (AvgIpc) is 2.90. The van der Waals surface area contributed by atoms with Gasteiger partial charge in [0, 0.05) is 6.07 Å². The number of hydrogen-bond acceptors (Lipinski definition) is 4. The molecule has 2 N–H and O–H groups in total. The largest absolute Gasteiger partial charge is 0.497 e. The van der Waals surface area contributed by atoms with Crippen LogP contribution >= 0.6 is 0 Å². The quantitative estimate of drug-likeness (QED) is 0.885. The Hall–Kier alpha value is -2.50. The first-order valence-electron chi connectivity index (χ1n) is 6.77. The maximum atomic E-state index is 12.0. The van der Waals surface area contributed by atoms with E-state index < -0.39 is 0 Å². The Balaban J connectivity index is 1.98.